The Hall–Kier alpha value is -2.96. The molecule has 3 rings (SSSR count). The SMILES string of the molecule is Cc1cc(C)cc(C(NC(=O)C2CCN(c3cnccn3)CC2)C(=O)O)c1. The fourth-order valence-corrected chi connectivity index (χ4v) is 3.55. The van der Waals surface area contributed by atoms with Gasteiger partial charge in [0.15, 0.2) is 6.04 Å². The molecule has 1 fully saturated rings. The predicted molar refractivity (Wildman–Crippen MR) is 101 cm³/mol. The molecular weight excluding hydrogens is 344 g/mol. The maximum atomic E-state index is 12.7. The zero-order chi connectivity index (χ0) is 19.4. The molecule has 1 aromatic carbocycles. The van der Waals surface area contributed by atoms with Crippen LogP contribution in [0.4, 0.5) is 5.82 Å². The molecule has 1 unspecified atom stereocenters. The second-order valence-electron chi connectivity index (χ2n) is 7.03. The molecule has 1 amide bonds. The van der Waals surface area contributed by atoms with Gasteiger partial charge in [0.2, 0.25) is 5.91 Å². The van der Waals surface area contributed by atoms with Crippen molar-refractivity contribution in [3.05, 3.63) is 53.5 Å². The molecule has 0 spiro atoms. The minimum atomic E-state index is -1.05. The number of amides is 1. The molecule has 0 aliphatic carbocycles. The second-order valence-corrected chi connectivity index (χ2v) is 7.03. The molecule has 0 saturated carbocycles. The topological polar surface area (TPSA) is 95.4 Å². The Bertz CT molecular complexity index is 797. The summed E-state index contributed by atoms with van der Waals surface area (Å²) in [6.07, 6.45) is 6.29. The molecule has 1 saturated heterocycles. The first kappa shape index (κ1) is 18.8. The van der Waals surface area contributed by atoms with Gasteiger partial charge in [0.05, 0.1) is 6.20 Å². The summed E-state index contributed by atoms with van der Waals surface area (Å²) < 4.78 is 0. The van der Waals surface area contributed by atoms with Crippen molar-refractivity contribution in [3.63, 3.8) is 0 Å². The molecule has 7 nitrogen and oxygen atoms in total. The number of hydrogen-bond donors (Lipinski definition) is 2. The van der Waals surface area contributed by atoms with Crippen LogP contribution in [0, 0.1) is 19.8 Å². The summed E-state index contributed by atoms with van der Waals surface area (Å²) in [7, 11) is 0. The van der Waals surface area contributed by atoms with Crippen molar-refractivity contribution in [2.75, 3.05) is 18.0 Å². The highest BCUT2D eigenvalue weighted by atomic mass is 16.4. The second kappa shape index (κ2) is 8.16. The summed E-state index contributed by atoms with van der Waals surface area (Å²) in [5.41, 5.74) is 2.55. The van der Waals surface area contributed by atoms with E-state index in [1.165, 1.54) is 0 Å². The van der Waals surface area contributed by atoms with Crippen molar-refractivity contribution in [1.29, 1.82) is 0 Å². The van der Waals surface area contributed by atoms with Crippen LogP contribution in [0.2, 0.25) is 0 Å². The van der Waals surface area contributed by atoms with Crippen molar-refractivity contribution in [1.82, 2.24) is 15.3 Å². The lowest BCUT2D eigenvalue weighted by molar-refractivity contribution is -0.142. The standard InChI is InChI=1S/C20H24N4O3/c1-13-9-14(2)11-16(10-13)18(20(26)27)23-19(25)15-3-7-24(8-4-15)17-12-21-5-6-22-17/h5-6,9-12,15,18H,3-4,7-8H2,1-2H3,(H,23,25)(H,26,27). The van der Waals surface area contributed by atoms with Gasteiger partial charge in [0.25, 0.3) is 0 Å². The van der Waals surface area contributed by atoms with E-state index in [9.17, 15) is 14.7 Å². The maximum absolute atomic E-state index is 12.7. The Balaban J connectivity index is 1.64. The highest BCUT2D eigenvalue weighted by molar-refractivity contribution is 5.86. The van der Waals surface area contributed by atoms with Crippen molar-refractivity contribution in [2.24, 2.45) is 5.92 Å². The number of aromatic nitrogens is 2. The third-order valence-electron chi connectivity index (χ3n) is 4.85. The molecule has 142 valence electrons. The Morgan fingerprint density at radius 1 is 1.15 bits per heavy atom. The van der Waals surface area contributed by atoms with Gasteiger partial charge < -0.3 is 15.3 Å². The van der Waals surface area contributed by atoms with E-state index in [0.29, 0.717) is 31.5 Å². The third-order valence-corrected chi connectivity index (χ3v) is 4.85. The number of nitrogens with zero attached hydrogens (tertiary/aromatic N) is 3. The highest BCUT2D eigenvalue weighted by Gasteiger charge is 2.30. The normalized spacial score (nSPS) is 16.0. The average molecular weight is 368 g/mol. The lowest BCUT2D eigenvalue weighted by atomic mass is 9.94. The molecule has 2 aromatic rings. The molecule has 1 aliphatic heterocycles. The first-order valence-electron chi connectivity index (χ1n) is 9.06. The smallest absolute Gasteiger partial charge is 0.330 e. The predicted octanol–water partition coefficient (Wildman–Crippen LogP) is 2.25. The Labute approximate surface area is 158 Å². The molecule has 1 atom stereocenters. The summed E-state index contributed by atoms with van der Waals surface area (Å²) in [6, 6.07) is 4.56. The number of carbonyl (C=O) groups is 2. The van der Waals surface area contributed by atoms with Gasteiger partial charge in [-0.25, -0.2) is 9.78 Å². The molecule has 2 N–H and O–H groups in total. The maximum Gasteiger partial charge on any atom is 0.330 e. The van der Waals surface area contributed by atoms with E-state index in [1.807, 2.05) is 32.0 Å². The summed E-state index contributed by atoms with van der Waals surface area (Å²) in [5, 5.41) is 12.3. The summed E-state index contributed by atoms with van der Waals surface area (Å²) in [6.45, 7) is 5.22. The van der Waals surface area contributed by atoms with Crippen LogP contribution in [0.5, 0.6) is 0 Å². The molecule has 0 radical (unpaired) electrons. The number of hydrogen-bond acceptors (Lipinski definition) is 5. The lowest BCUT2D eigenvalue weighted by Crippen LogP contribution is -2.43. The van der Waals surface area contributed by atoms with Gasteiger partial charge in [-0.1, -0.05) is 29.3 Å². The molecule has 2 heterocycles. The summed E-state index contributed by atoms with van der Waals surface area (Å²) in [4.78, 5) is 34.9. The molecule has 0 bridgehead atoms. The minimum Gasteiger partial charge on any atom is -0.479 e. The fourth-order valence-electron chi connectivity index (χ4n) is 3.55. The van der Waals surface area contributed by atoms with Crippen LogP contribution < -0.4 is 10.2 Å². The number of nitrogens with one attached hydrogen (secondary N) is 1. The van der Waals surface area contributed by atoms with Gasteiger partial charge in [-0.3, -0.25) is 9.78 Å². The quantitative estimate of drug-likeness (QED) is 0.840. The van der Waals surface area contributed by atoms with Crippen LogP contribution in [0.3, 0.4) is 0 Å². The van der Waals surface area contributed by atoms with Gasteiger partial charge >= 0.3 is 5.97 Å². The van der Waals surface area contributed by atoms with Crippen LogP contribution in [0.1, 0.15) is 35.6 Å². The van der Waals surface area contributed by atoms with E-state index >= 15 is 0 Å². The van der Waals surface area contributed by atoms with Crippen molar-refractivity contribution < 1.29 is 14.7 Å². The van der Waals surface area contributed by atoms with Gasteiger partial charge in [-0.05, 0) is 32.3 Å². The molecular formula is C20H24N4O3. The number of carbonyl (C=O) groups excluding carboxylic acids is 1. The van der Waals surface area contributed by atoms with Gasteiger partial charge in [-0.2, -0.15) is 0 Å². The minimum absolute atomic E-state index is 0.203. The third kappa shape index (κ3) is 4.61. The fraction of sp³-hybridized carbons (Fsp3) is 0.400. The van der Waals surface area contributed by atoms with Crippen LogP contribution >= 0.6 is 0 Å². The number of aryl methyl sites for hydroxylation is 2. The van der Waals surface area contributed by atoms with Crippen LogP contribution in [-0.4, -0.2) is 40.0 Å². The van der Waals surface area contributed by atoms with E-state index in [-0.39, 0.29) is 11.8 Å². The number of benzene rings is 1. The van der Waals surface area contributed by atoms with Gasteiger partial charge in [0.1, 0.15) is 5.82 Å². The van der Waals surface area contributed by atoms with Gasteiger partial charge in [0, 0.05) is 31.4 Å². The van der Waals surface area contributed by atoms with Gasteiger partial charge in [-0.15, -0.1) is 0 Å². The molecule has 27 heavy (non-hydrogen) atoms. The van der Waals surface area contributed by atoms with E-state index in [4.69, 9.17) is 0 Å². The first-order valence-corrected chi connectivity index (χ1v) is 9.06. The largest absolute Gasteiger partial charge is 0.479 e. The highest BCUT2D eigenvalue weighted by Crippen LogP contribution is 2.23. The number of carboxylic acids is 1. The van der Waals surface area contributed by atoms with E-state index in [0.717, 1.165) is 16.9 Å². The van der Waals surface area contributed by atoms with E-state index in [1.54, 1.807) is 18.6 Å². The first-order chi connectivity index (χ1) is 12.9. The Morgan fingerprint density at radius 2 is 1.81 bits per heavy atom. The van der Waals surface area contributed by atoms with Crippen molar-refractivity contribution >= 4 is 17.7 Å². The lowest BCUT2D eigenvalue weighted by Gasteiger charge is -2.32. The Kier molecular flexibility index (Phi) is 5.69. The van der Waals surface area contributed by atoms with Crippen molar-refractivity contribution in [2.45, 2.75) is 32.7 Å². The number of aliphatic carboxylic acids is 1. The van der Waals surface area contributed by atoms with Crippen LogP contribution in [0.25, 0.3) is 0 Å². The molecule has 1 aliphatic rings. The number of anilines is 1. The molecule has 1 aromatic heterocycles. The van der Waals surface area contributed by atoms with Crippen LogP contribution in [0.15, 0.2) is 36.8 Å². The van der Waals surface area contributed by atoms with E-state index in [2.05, 4.69) is 20.2 Å². The number of carboxylic acid groups (broad SMARTS) is 1. The van der Waals surface area contributed by atoms with Crippen LogP contribution in [-0.2, 0) is 9.59 Å². The van der Waals surface area contributed by atoms with Crippen molar-refractivity contribution in [3.8, 4) is 0 Å². The average Bonchev–Trinajstić information content (AvgIpc) is 2.65. The summed E-state index contributed by atoms with van der Waals surface area (Å²) in [5.74, 6) is -0.661. The molecule has 7 heteroatoms. The monoisotopic (exact) mass is 368 g/mol. The number of piperidine rings is 1. The number of rotatable bonds is 5. The zero-order valence-electron chi connectivity index (χ0n) is 15.6. The zero-order valence-corrected chi connectivity index (χ0v) is 15.6. The Morgan fingerprint density at radius 3 is 2.37 bits per heavy atom. The van der Waals surface area contributed by atoms with E-state index < -0.39 is 12.0 Å². The summed E-state index contributed by atoms with van der Waals surface area (Å²) >= 11 is 0.